The van der Waals surface area contributed by atoms with Crippen molar-refractivity contribution < 1.29 is 19.8 Å². The summed E-state index contributed by atoms with van der Waals surface area (Å²) >= 11 is 0. The minimum Gasteiger partial charge on any atom is -0.508 e. The number of ketones is 1. The molecule has 5 nitrogen and oxygen atoms in total. The van der Waals surface area contributed by atoms with Crippen molar-refractivity contribution >= 4 is 11.5 Å². The van der Waals surface area contributed by atoms with E-state index >= 15 is 0 Å². The Labute approximate surface area is 192 Å². The molecule has 0 saturated carbocycles. The summed E-state index contributed by atoms with van der Waals surface area (Å²) in [7, 11) is 0. The van der Waals surface area contributed by atoms with Crippen LogP contribution in [0.15, 0.2) is 46.2 Å². The molecule has 0 aliphatic carbocycles. The molecule has 0 aromatic heterocycles. The van der Waals surface area contributed by atoms with Gasteiger partial charge in [0.1, 0.15) is 17.6 Å². The SMILES string of the molecule is CC(C)=CCC/C(C)=C/CC/C(C)=C/CCC1Oc2c(cc(O)c(C)c2C)C(=O)/C1=N/O. The summed E-state index contributed by atoms with van der Waals surface area (Å²) in [6, 6.07) is 1.39. The zero-order valence-corrected chi connectivity index (χ0v) is 20.3. The average Bonchev–Trinajstić information content (AvgIpc) is 2.73. The standard InChI is InChI=1S/C27H37NO4/c1-17(2)10-7-11-18(3)12-8-13-19(4)14-9-15-24-25(28-31)26(30)22-16-23(29)20(5)21(6)27(22)32-24/h10,12,14,16,24,29,31H,7-9,11,13,15H2,1-6H3/b18-12+,19-14+,28-25+. The van der Waals surface area contributed by atoms with Gasteiger partial charge < -0.3 is 15.1 Å². The van der Waals surface area contributed by atoms with Gasteiger partial charge in [0.2, 0.25) is 5.78 Å². The molecule has 1 aliphatic rings. The molecule has 0 saturated heterocycles. The molecule has 0 radical (unpaired) electrons. The van der Waals surface area contributed by atoms with Crippen molar-refractivity contribution in [1.82, 2.24) is 0 Å². The number of ether oxygens (including phenoxy) is 1. The Morgan fingerprint density at radius 1 is 1.00 bits per heavy atom. The third kappa shape index (κ3) is 6.59. The van der Waals surface area contributed by atoms with Crippen LogP contribution in [0.3, 0.4) is 0 Å². The lowest BCUT2D eigenvalue weighted by Crippen LogP contribution is -2.38. The molecular weight excluding hydrogens is 402 g/mol. The Kier molecular flexibility index (Phi) is 9.30. The van der Waals surface area contributed by atoms with Gasteiger partial charge >= 0.3 is 0 Å². The monoisotopic (exact) mass is 439 g/mol. The number of phenolic OH excluding ortho intramolecular Hbond substituents is 1. The number of benzene rings is 1. The van der Waals surface area contributed by atoms with Crippen LogP contribution in [0.25, 0.3) is 0 Å². The van der Waals surface area contributed by atoms with Crippen LogP contribution in [0.5, 0.6) is 11.5 Å². The topological polar surface area (TPSA) is 79.1 Å². The second-order valence-corrected chi connectivity index (χ2v) is 8.98. The second-order valence-electron chi connectivity index (χ2n) is 8.98. The maximum Gasteiger partial charge on any atom is 0.218 e. The molecule has 1 heterocycles. The Morgan fingerprint density at radius 2 is 1.59 bits per heavy atom. The zero-order valence-electron chi connectivity index (χ0n) is 20.3. The van der Waals surface area contributed by atoms with Crippen molar-refractivity contribution in [3.8, 4) is 11.5 Å². The van der Waals surface area contributed by atoms with E-state index in [-0.39, 0.29) is 17.0 Å². The summed E-state index contributed by atoms with van der Waals surface area (Å²) in [6.45, 7) is 12.2. The number of Topliss-reactive ketones (excluding diaryl/α,β-unsaturated/α-hetero) is 1. The molecule has 32 heavy (non-hydrogen) atoms. The van der Waals surface area contributed by atoms with Crippen LogP contribution < -0.4 is 4.74 Å². The average molecular weight is 440 g/mol. The number of oxime groups is 1. The van der Waals surface area contributed by atoms with Crippen molar-refractivity contribution in [1.29, 1.82) is 0 Å². The molecule has 1 aromatic carbocycles. The summed E-state index contributed by atoms with van der Waals surface area (Å²) in [5, 5.41) is 22.7. The van der Waals surface area contributed by atoms with Crippen LogP contribution in [0.2, 0.25) is 0 Å². The smallest absolute Gasteiger partial charge is 0.218 e. The fraction of sp³-hybridized carbons (Fsp3) is 0.481. The summed E-state index contributed by atoms with van der Waals surface area (Å²) in [5.41, 5.74) is 5.72. The summed E-state index contributed by atoms with van der Waals surface area (Å²) in [4.78, 5) is 12.8. The fourth-order valence-corrected chi connectivity index (χ4v) is 3.80. The Hall–Kier alpha value is -2.82. The predicted molar refractivity (Wildman–Crippen MR) is 130 cm³/mol. The van der Waals surface area contributed by atoms with Gasteiger partial charge in [0.05, 0.1) is 5.56 Å². The molecule has 0 amide bonds. The van der Waals surface area contributed by atoms with Crippen LogP contribution in [-0.4, -0.2) is 27.9 Å². The highest BCUT2D eigenvalue weighted by atomic mass is 16.5. The molecule has 1 aromatic rings. The molecule has 174 valence electrons. The van der Waals surface area contributed by atoms with Crippen molar-refractivity contribution in [2.45, 2.75) is 86.2 Å². The largest absolute Gasteiger partial charge is 0.508 e. The number of hydrogen-bond donors (Lipinski definition) is 2. The Balaban J connectivity index is 1.95. The first kappa shape index (κ1) is 25.4. The van der Waals surface area contributed by atoms with Gasteiger partial charge in [-0.1, -0.05) is 40.1 Å². The minimum absolute atomic E-state index is 0.0128. The zero-order chi connectivity index (χ0) is 23.8. The van der Waals surface area contributed by atoms with Crippen LogP contribution in [0, 0.1) is 13.8 Å². The molecule has 2 N–H and O–H groups in total. The van der Waals surface area contributed by atoms with Gasteiger partial charge in [0, 0.05) is 0 Å². The van der Waals surface area contributed by atoms with Crippen LogP contribution in [0.1, 0.15) is 87.7 Å². The first-order valence-electron chi connectivity index (χ1n) is 11.4. The molecule has 1 aliphatic heterocycles. The molecule has 1 unspecified atom stereocenters. The minimum atomic E-state index is -0.607. The lowest BCUT2D eigenvalue weighted by molar-refractivity contribution is 0.101. The van der Waals surface area contributed by atoms with Gasteiger partial charge in [-0.25, -0.2) is 0 Å². The number of hydrogen-bond acceptors (Lipinski definition) is 5. The van der Waals surface area contributed by atoms with Gasteiger partial charge in [-0.3, -0.25) is 4.79 Å². The maximum absolute atomic E-state index is 12.8. The van der Waals surface area contributed by atoms with E-state index in [4.69, 9.17) is 4.74 Å². The predicted octanol–water partition coefficient (Wildman–Crippen LogP) is 6.98. The highest BCUT2D eigenvalue weighted by Crippen LogP contribution is 2.37. The van der Waals surface area contributed by atoms with Crippen molar-refractivity contribution in [3.63, 3.8) is 0 Å². The van der Waals surface area contributed by atoms with Crippen LogP contribution in [-0.2, 0) is 0 Å². The molecule has 0 spiro atoms. The molecule has 0 bridgehead atoms. The summed E-state index contributed by atoms with van der Waals surface area (Å²) in [5.74, 6) is 0.109. The molecule has 1 atom stereocenters. The number of carbonyl (C=O) groups excluding carboxylic acids is 1. The van der Waals surface area contributed by atoms with E-state index in [1.807, 2.05) is 6.92 Å². The third-order valence-electron chi connectivity index (χ3n) is 6.01. The van der Waals surface area contributed by atoms with E-state index in [9.17, 15) is 15.1 Å². The lowest BCUT2D eigenvalue weighted by Gasteiger charge is -2.28. The highest BCUT2D eigenvalue weighted by molar-refractivity contribution is 6.48. The number of nitrogens with zero attached hydrogens (tertiary/aromatic N) is 1. The van der Waals surface area contributed by atoms with E-state index in [1.54, 1.807) is 6.92 Å². The van der Waals surface area contributed by atoms with Gasteiger partial charge in [0.15, 0.2) is 5.71 Å². The second kappa shape index (κ2) is 11.7. The highest BCUT2D eigenvalue weighted by Gasteiger charge is 2.35. The number of fused-ring (bicyclic) bond motifs is 1. The number of allylic oxidation sites excluding steroid dienone is 6. The van der Waals surface area contributed by atoms with Crippen molar-refractivity contribution in [2.75, 3.05) is 0 Å². The normalized spacial score (nSPS) is 17.9. The Bertz CT molecular complexity index is 962. The Morgan fingerprint density at radius 3 is 2.19 bits per heavy atom. The van der Waals surface area contributed by atoms with E-state index in [0.29, 0.717) is 17.7 Å². The van der Waals surface area contributed by atoms with Crippen LogP contribution >= 0.6 is 0 Å². The van der Waals surface area contributed by atoms with Gasteiger partial charge in [-0.05, 0) is 97.3 Å². The molecule has 5 heteroatoms. The summed E-state index contributed by atoms with van der Waals surface area (Å²) in [6.07, 6.45) is 11.6. The molecule has 2 rings (SSSR count). The first-order valence-corrected chi connectivity index (χ1v) is 11.4. The summed E-state index contributed by atoms with van der Waals surface area (Å²) < 4.78 is 6.05. The number of aromatic hydroxyl groups is 1. The maximum atomic E-state index is 12.8. The van der Waals surface area contributed by atoms with E-state index in [0.717, 1.165) is 37.7 Å². The van der Waals surface area contributed by atoms with Gasteiger partial charge in [-0.15, -0.1) is 0 Å². The number of carbonyl (C=O) groups is 1. The van der Waals surface area contributed by atoms with E-state index < -0.39 is 11.9 Å². The first-order chi connectivity index (χ1) is 15.1. The van der Waals surface area contributed by atoms with E-state index in [1.165, 1.54) is 22.8 Å². The van der Waals surface area contributed by atoms with Crippen molar-refractivity contribution in [2.24, 2.45) is 5.16 Å². The quantitative estimate of drug-likeness (QED) is 0.247. The molecule has 0 fully saturated rings. The number of phenols is 1. The fourth-order valence-electron chi connectivity index (χ4n) is 3.80. The third-order valence-corrected chi connectivity index (χ3v) is 6.01. The van der Waals surface area contributed by atoms with Crippen molar-refractivity contribution in [3.05, 3.63) is 57.7 Å². The molecular formula is C27H37NO4. The number of rotatable bonds is 9. The lowest BCUT2D eigenvalue weighted by atomic mass is 9.92. The van der Waals surface area contributed by atoms with Crippen LogP contribution in [0.4, 0.5) is 0 Å². The van der Waals surface area contributed by atoms with E-state index in [2.05, 4.69) is 51.1 Å². The van der Waals surface area contributed by atoms with Gasteiger partial charge in [0.25, 0.3) is 0 Å². The van der Waals surface area contributed by atoms with Gasteiger partial charge in [-0.2, -0.15) is 0 Å².